The van der Waals surface area contributed by atoms with E-state index in [1.807, 2.05) is 18.2 Å². The molecule has 0 N–H and O–H groups in total. The van der Waals surface area contributed by atoms with Crippen LogP contribution in [0.1, 0.15) is 271 Å². The van der Waals surface area contributed by atoms with Crippen molar-refractivity contribution < 1.29 is 28.6 Å². The van der Waals surface area contributed by atoms with Gasteiger partial charge in [-0.05, 0) is 77.0 Å². The molecule has 0 heterocycles. The zero-order valence-electron chi connectivity index (χ0n) is 45.8. The van der Waals surface area contributed by atoms with Gasteiger partial charge in [-0.3, -0.25) is 14.4 Å². The molecule has 0 spiro atoms. The van der Waals surface area contributed by atoms with Crippen LogP contribution in [-0.4, -0.2) is 37.2 Å². The van der Waals surface area contributed by atoms with Crippen molar-refractivity contribution in [3.63, 3.8) is 0 Å². The van der Waals surface area contributed by atoms with E-state index in [-0.39, 0.29) is 31.1 Å². The minimum Gasteiger partial charge on any atom is -0.462 e. The molecule has 1 unspecified atom stereocenters. The Hall–Kier alpha value is -3.67. The Labute approximate surface area is 432 Å². The first-order valence-corrected chi connectivity index (χ1v) is 29.3. The smallest absolute Gasteiger partial charge is 0.306 e. The number of rotatable bonds is 52. The van der Waals surface area contributed by atoms with E-state index in [4.69, 9.17) is 14.2 Å². The highest BCUT2D eigenvalue weighted by atomic mass is 16.6. The van der Waals surface area contributed by atoms with Gasteiger partial charge in [0.05, 0.1) is 0 Å². The van der Waals surface area contributed by atoms with Gasteiger partial charge in [-0.2, -0.15) is 0 Å². The second-order valence-corrected chi connectivity index (χ2v) is 19.2. The number of hydrogen-bond acceptors (Lipinski definition) is 6. The van der Waals surface area contributed by atoms with Crippen molar-refractivity contribution in [3.05, 3.63) is 97.2 Å². The van der Waals surface area contributed by atoms with E-state index in [0.717, 1.165) is 122 Å². The van der Waals surface area contributed by atoms with E-state index in [2.05, 4.69) is 99.8 Å². The van der Waals surface area contributed by atoms with Crippen LogP contribution in [0.2, 0.25) is 0 Å². The Morgan fingerprint density at radius 2 is 0.629 bits per heavy atom. The molecule has 6 nitrogen and oxygen atoms in total. The molecule has 0 bridgehead atoms. The molecular weight excluding hydrogens is 865 g/mol. The number of esters is 3. The van der Waals surface area contributed by atoms with Crippen LogP contribution in [0, 0.1) is 0 Å². The van der Waals surface area contributed by atoms with Crippen molar-refractivity contribution in [2.75, 3.05) is 13.2 Å². The summed E-state index contributed by atoms with van der Waals surface area (Å²) >= 11 is 0. The Balaban J connectivity index is 4.43. The SMILES string of the molecule is CC\C=C/C=C\C=C/C=C\CCCCCCCC(=O)OCC(COC(=O)CCCCCCCC/C=C\C/C=C\C/C=C\C/C=C\CC)OC(=O)CCCCCCCCCCCCCCCCCCCC. The van der Waals surface area contributed by atoms with E-state index in [0.29, 0.717) is 19.3 Å². The molecule has 0 aliphatic rings. The molecule has 70 heavy (non-hydrogen) atoms. The van der Waals surface area contributed by atoms with E-state index >= 15 is 0 Å². The first-order valence-electron chi connectivity index (χ1n) is 29.3. The minimum atomic E-state index is -0.794. The van der Waals surface area contributed by atoms with Gasteiger partial charge in [0.15, 0.2) is 6.10 Å². The Morgan fingerprint density at radius 1 is 0.314 bits per heavy atom. The highest BCUT2D eigenvalue weighted by Gasteiger charge is 2.19. The summed E-state index contributed by atoms with van der Waals surface area (Å²) in [4.78, 5) is 38.2. The van der Waals surface area contributed by atoms with Gasteiger partial charge >= 0.3 is 17.9 Å². The maximum absolute atomic E-state index is 12.9. The second-order valence-electron chi connectivity index (χ2n) is 19.2. The van der Waals surface area contributed by atoms with Crippen molar-refractivity contribution >= 4 is 17.9 Å². The number of carbonyl (C=O) groups excluding carboxylic acids is 3. The van der Waals surface area contributed by atoms with E-state index in [1.165, 1.54) is 109 Å². The lowest BCUT2D eigenvalue weighted by molar-refractivity contribution is -0.167. The van der Waals surface area contributed by atoms with Gasteiger partial charge in [0.1, 0.15) is 13.2 Å². The van der Waals surface area contributed by atoms with Gasteiger partial charge in [-0.15, -0.1) is 0 Å². The van der Waals surface area contributed by atoms with Gasteiger partial charge in [-0.25, -0.2) is 0 Å². The summed E-state index contributed by atoms with van der Waals surface area (Å²) in [5.74, 6) is -0.920. The monoisotopic (exact) mass is 973 g/mol. The van der Waals surface area contributed by atoms with Crippen LogP contribution < -0.4 is 0 Å². The van der Waals surface area contributed by atoms with E-state index in [1.54, 1.807) is 0 Å². The van der Waals surface area contributed by atoms with Crippen molar-refractivity contribution in [2.45, 2.75) is 277 Å². The molecule has 0 amide bonds. The lowest BCUT2D eigenvalue weighted by Crippen LogP contribution is -2.30. The third-order valence-electron chi connectivity index (χ3n) is 12.4. The number of hydrogen-bond donors (Lipinski definition) is 0. The highest BCUT2D eigenvalue weighted by Crippen LogP contribution is 2.16. The molecule has 0 radical (unpaired) electrons. The maximum Gasteiger partial charge on any atom is 0.306 e. The number of ether oxygens (including phenoxy) is 3. The summed E-state index contributed by atoms with van der Waals surface area (Å²) in [6.07, 6.45) is 76.8. The third kappa shape index (κ3) is 55.3. The molecule has 0 saturated carbocycles. The predicted molar refractivity (Wildman–Crippen MR) is 302 cm³/mol. The quantitative estimate of drug-likeness (QED) is 0.0199. The summed E-state index contributed by atoms with van der Waals surface area (Å²) in [7, 11) is 0. The van der Waals surface area contributed by atoms with Crippen LogP contribution in [0.15, 0.2) is 97.2 Å². The fourth-order valence-electron chi connectivity index (χ4n) is 8.09. The minimum absolute atomic E-state index is 0.0917. The third-order valence-corrected chi connectivity index (χ3v) is 12.4. The van der Waals surface area contributed by atoms with Crippen LogP contribution >= 0.6 is 0 Å². The van der Waals surface area contributed by atoms with Crippen molar-refractivity contribution in [2.24, 2.45) is 0 Å². The first-order chi connectivity index (χ1) is 34.5. The average molecular weight is 974 g/mol. The lowest BCUT2D eigenvalue weighted by Gasteiger charge is -2.18. The zero-order chi connectivity index (χ0) is 50.7. The topological polar surface area (TPSA) is 78.9 Å². The standard InChI is InChI=1S/C64H108O6/c1-4-7-10-13-16-19-22-25-28-30-32-34-36-39-42-45-48-51-54-57-63(66)69-60-61(59-68-62(65)56-53-50-47-44-41-38-35-27-24-21-18-15-12-9-6-3)70-64(67)58-55-52-49-46-43-40-37-33-31-29-26-23-20-17-14-11-8-5-2/h7,9-10,12,15-16,18-19,21,24-25,27-28,32,34-35,61H,4-6,8,11,13-14,17,20,22-23,26,29-31,33,36-60H2,1-3H3/b10-7-,12-9-,18-15-,19-16-,24-21-,28-25-,34-32-,35-27-. The van der Waals surface area contributed by atoms with Gasteiger partial charge in [0.2, 0.25) is 0 Å². The molecule has 0 fully saturated rings. The van der Waals surface area contributed by atoms with E-state index in [9.17, 15) is 14.4 Å². The van der Waals surface area contributed by atoms with Gasteiger partial charge in [0.25, 0.3) is 0 Å². The van der Waals surface area contributed by atoms with E-state index < -0.39 is 6.10 Å². The molecular formula is C64H108O6. The summed E-state index contributed by atoms with van der Waals surface area (Å²) in [5, 5.41) is 0. The second kappa shape index (κ2) is 57.9. The van der Waals surface area contributed by atoms with Gasteiger partial charge < -0.3 is 14.2 Å². The van der Waals surface area contributed by atoms with Crippen molar-refractivity contribution in [3.8, 4) is 0 Å². The largest absolute Gasteiger partial charge is 0.462 e. The first kappa shape index (κ1) is 66.3. The molecule has 1 atom stereocenters. The summed E-state index contributed by atoms with van der Waals surface area (Å²) in [6, 6.07) is 0. The summed E-state index contributed by atoms with van der Waals surface area (Å²) in [5.41, 5.74) is 0. The molecule has 0 aliphatic heterocycles. The molecule has 0 aliphatic carbocycles. The van der Waals surface area contributed by atoms with Crippen LogP contribution in [0.3, 0.4) is 0 Å². The molecule has 0 aromatic carbocycles. The van der Waals surface area contributed by atoms with Crippen molar-refractivity contribution in [1.82, 2.24) is 0 Å². The number of carbonyl (C=O) groups is 3. The van der Waals surface area contributed by atoms with Crippen LogP contribution in [0.5, 0.6) is 0 Å². The molecule has 0 aromatic heterocycles. The maximum atomic E-state index is 12.9. The Bertz CT molecular complexity index is 1400. The van der Waals surface area contributed by atoms with Crippen molar-refractivity contribution in [1.29, 1.82) is 0 Å². The van der Waals surface area contributed by atoms with Gasteiger partial charge in [0, 0.05) is 19.3 Å². The summed E-state index contributed by atoms with van der Waals surface area (Å²) in [6.45, 7) is 6.38. The molecule has 0 aromatic rings. The van der Waals surface area contributed by atoms with Crippen LogP contribution in [-0.2, 0) is 28.6 Å². The lowest BCUT2D eigenvalue weighted by atomic mass is 10.0. The molecule has 400 valence electrons. The van der Waals surface area contributed by atoms with Crippen LogP contribution in [0.4, 0.5) is 0 Å². The number of unbranched alkanes of at least 4 members (excludes halogenated alkanes) is 28. The Kier molecular flexibility index (Phi) is 54.9. The summed E-state index contributed by atoms with van der Waals surface area (Å²) < 4.78 is 16.9. The normalized spacial score (nSPS) is 12.8. The fraction of sp³-hybridized carbons (Fsp3) is 0.703. The van der Waals surface area contributed by atoms with Crippen LogP contribution in [0.25, 0.3) is 0 Å². The average Bonchev–Trinajstić information content (AvgIpc) is 3.36. The number of allylic oxidation sites excluding steroid dienone is 16. The molecule has 0 rings (SSSR count). The molecule has 0 saturated heterocycles. The fourth-order valence-corrected chi connectivity index (χ4v) is 8.09. The molecule has 6 heteroatoms. The van der Waals surface area contributed by atoms with Gasteiger partial charge in [-0.1, -0.05) is 272 Å². The predicted octanol–water partition coefficient (Wildman–Crippen LogP) is 19.7. The Morgan fingerprint density at radius 3 is 1.04 bits per heavy atom. The highest BCUT2D eigenvalue weighted by molar-refractivity contribution is 5.71. The zero-order valence-corrected chi connectivity index (χ0v) is 45.8.